The van der Waals surface area contributed by atoms with Crippen molar-refractivity contribution in [1.82, 2.24) is 0 Å². The molecule has 1 unspecified atom stereocenters. The molecule has 1 aliphatic rings. The molecule has 74 valence electrons. The SMILES string of the molecule is CC(F)C(=O)c1ccc2c(c1)OCO2. The van der Waals surface area contributed by atoms with E-state index < -0.39 is 12.0 Å². The third-order valence-electron chi connectivity index (χ3n) is 2.02. The summed E-state index contributed by atoms with van der Waals surface area (Å²) in [5, 5.41) is 0. The first-order chi connectivity index (χ1) is 6.68. The molecule has 0 saturated carbocycles. The van der Waals surface area contributed by atoms with E-state index in [1.165, 1.54) is 19.1 Å². The number of fused-ring (bicyclic) bond motifs is 1. The monoisotopic (exact) mass is 196 g/mol. The molecule has 0 amide bonds. The smallest absolute Gasteiger partial charge is 0.231 e. The zero-order chi connectivity index (χ0) is 10.1. The minimum Gasteiger partial charge on any atom is -0.454 e. The van der Waals surface area contributed by atoms with Gasteiger partial charge in [-0.05, 0) is 25.1 Å². The third-order valence-corrected chi connectivity index (χ3v) is 2.02. The molecule has 0 spiro atoms. The van der Waals surface area contributed by atoms with Gasteiger partial charge in [-0.2, -0.15) is 0 Å². The van der Waals surface area contributed by atoms with Gasteiger partial charge >= 0.3 is 0 Å². The van der Waals surface area contributed by atoms with Crippen LogP contribution < -0.4 is 9.47 Å². The summed E-state index contributed by atoms with van der Waals surface area (Å²) in [5.41, 5.74) is 0.309. The zero-order valence-corrected chi connectivity index (χ0v) is 7.62. The van der Waals surface area contributed by atoms with E-state index in [2.05, 4.69) is 0 Å². The number of halogens is 1. The molecule has 0 aliphatic carbocycles. The van der Waals surface area contributed by atoms with E-state index in [0.29, 0.717) is 17.1 Å². The van der Waals surface area contributed by atoms with Crippen molar-refractivity contribution in [2.45, 2.75) is 13.1 Å². The van der Waals surface area contributed by atoms with Crippen LogP contribution in [0.3, 0.4) is 0 Å². The Morgan fingerprint density at radius 3 is 2.86 bits per heavy atom. The summed E-state index contributed by atoms with van der Waals surface area (Å²) in [6.07, 6.45) is -1.49. The van der Waals surface area contributed by atoms with Crippen LogP contribution in [-0.2, 0) is 0 Å². The Morgan fingerprint density at radius 2 is 2.14 bits per heavy atom. The van der Waals surface area contributed by atoms with E-state index in [1.807, 2.05) is 0 Å². The fourth-order valence-corrected chi connectivity index (χ4v) is 1.28. The fraction of sp³-hybridized carbons (Fsp3) is 0.300. The Hall–Kier alpha value is -1.58. The van der Waals surface area contributed by atoms with Gasteiger partial charge in [0.1, 0.15) is 0 Å². The van der Waals surface area contributed by atoms with Crippen LogP contribution in [0.15, 0.2) is 18.2 Å². The molecule has 1 atom stereocenters. The largest absolute Gasteiger partial charge is 0.454 e. The van der Waals surface area contributed by atoms with Gasteiger partial charge in [0.2, 0.25) is 6.79 Å². The summed E-state index contributed by atoms with van der Waals surface area (Å²) in [5.74, 6) is 0.549. The van der Waals surface area contributed by atoms with Gasteiger partial charge in [0.05, 0.1) is 0 Å². The minimum absolute atomic E-state index is 0.151. The van der Waals surface area contributed by atoms with Crippen molar-refractivity contribution in [3.05, 3.63) is 23.8 Å². The summed E-state index contributed by atoms with van der Waals surface area (Å²) in [6.45, 7) is 1.37. The van der Waals surface area contributed by atoms with Gasteiger partial charge in [-0.25, -0.2) is 4.39 Å². The van der Waals surface area contributed by atoms with Gasteiger partial charge < -0.3 is 9.47 Å². The molecule has 1 heterocycles. The Labute approximate surface area is 80.4 Å². The number of hydrogen-bond acceptors (Lipinski definition) is 3. The Morgan fingerprint density at radius 1 is 1.43 bits per heavy atom. The fourth-order valence-electron chi connectivity index (χ4n) is 1.28. The van der Waals surface area contributed by atoms with Crippen molar-refractivity contribution in [3.8, 4) is 11.5 Å². The molecule has 0 N–H and O–H groups in total. The van der Waals surface area contributed by atoms with Gasteiger partial charge in [0.25, 0.3) is 0 Å². The number of Topliss-reactive ketones (excluding diaryl/α,β-unsaturated/α-hetero) is 1. The zero-order valence-electron chi connectivity index (χ0n) is 7.62. The third kappa shape index (κ3) is 1.43. The van der Waals surface area contributed by atoms with Gasteiger partial charge in [-0.15, -0.1) is 0 Å². The van der Waals surface area contributed by atoms with Crippen LogP contribution in [0, 0.1) is 0 Å². The molecule has 2 rings (SSSR count). The molecule has 0 radical (unpaired) electrons. The molecular formula is C10H9FO3. The average molecular weight is 196 g/mol. The normalized spacial score (nSPS) is 15.3. The number of ether oxygens (including phenoxy) is 2. The first kappa shape index (κ1) is 8.99. The maximum Gasteiger partial charge on any atom is 0.231 e. The minimum atomic E-state index is -1.49. The molecule has 0 saturated heterocycles. The molecular weight excluding hydrogens is 187 g/mol. The van der Waals surface area contributed by atoms with Gasteiger partial charge in [-0.3, -0.25) is 4.79 Å². The van der Waals surface area contributed by atoms with Crippen molar-refractivity contribution in [2.24, 2.45) is 0 Å². The van der Waals surface area contributed by atoms with Crippen LogP contribution in [0.4, 0.5) is 4.39 Å². The number of hydrogen-bond donors (Lipinski definition) is 0. The molecule has 1 aromatic rings. The predicted octanol–water partition coefficient (Wildman–Crippen LogP) is 1.96. The van der Waals surface area contributed by atoms with E-state index in [4.69, 9.17) is 9.47 Å². The number of rotatable bonds is 2. The highest BCUT2D eigenvalue weighted by Gasteiger charge is 2.19. The van der Waals surface area contributed by atoms with Crippen molar-refractivity contribution < 1.29 is 18.7 Å². The van der Waals surface area contributed by atoms with Crippen LogP contribution in [0.2, 0.25) is 0 Å². The first-order valence-corrected chi connectivity index (χ1v) is 4.26. The number of alkyl halides is 1. The van der Waals surface area contributed by atoms with E-state index in [-0.39, 0.29) is 6.79 Å². The lowest BCUT2D eigenvalue weighted by Crippen LogP contribution is -2.11. The van der Waals surface area contributed by atoms with Crippen LogP contribution in [-0.4, -0.2) is 18.7 Å². The van der Waals surface area contributed by atoms with Gasteiger partial charge in [0.15, 0.2) is 23.5 Å². The average Bonchev–Trinajstić information content (AvgIpc) is 2.62. The number of carbonyl (C=O) groups excluding carboxylic acids is 1. The second-order valence-electron chi connectivity index (χ2n) is 3.05. The highest BCUT2D eigenvalue weighted by atomic mass is 19.1. The van der Waals surface area contributed by atoms with Crippen LogP contribution in [0.25, 0.3) is 0 Å². The van der Waals surface area contributed by atoms with E-state index in [9.17, 15) is 9.18 Å². The second-order valence-corrected chi connectivity index (χ2v) is 3.05. The van der Waals surface area contributed by atoms with Crippen molar-refractivity contribution in [3.63, 3.8) is 0 Å². The van der Waals surface area contributed by atoms with E-state index >= 15 is 0 Å². The molecule has 1 aromatic carbocycles. The quantitative estimate of drug-likeness (QED) is 0.678. The summed E-state index contributed by atoms with van der Waals surface area (Å²) < 4.78 is 22.8. The lowest BCUT2D eigenvalue weighted by atomic mass is 10.1. The lowest BCUT2D eigenvalue weighted by Gasteiger charge is -2.02. The molecule has 4 heteroatoms. The lowest BCUT2D eigenvalue weighted by molar-refractivity contribution is 0.0892. The Kier molecular flexibility index (Phi) is 2.11. The highest BCUT2D eigenvalue weighted by Crippen LogP contribution is 2.32. The molecule has 1 aliphatic heterocycles. The summed E-state index contributed by atoms with van der Waals surface area (Å²) >= 11 is 0. The summed E-state index contributed by atoms with van der Waals surface area (Å²) in [7, 11) is 0. The van der Waals surface area contributed by atoms with Gasteiger partial charge in [-0.1, -0.05) is 0 Å². The van der Waals surface area contributed by atoms with Crippen molar-refractivity contribution in [1.29, 1.82) is 0 Å². The molecule has 0 bridgehead atoms. The van der Waals surface area contributed by atoms with Gasteiger partial charge in [0, 0.05) is 5.56 Å². The van der Waals surface area contributed by atoms with E-state index in [0.717, 1.165) is 0 Å². The Bertz CT molecular complexity index is 374. The highest BCUT2D eigenvalue weighted by molar-refractivity contribution is 5.99. The number of benzene rings is 1. The first-order valence-electron chi connectivity index (χ1n) is 4.26. The topological polar surface area (TPSA) is 35.5 Å². The molecule has 14 heavy (non-hydrogen) atoms. The Balaban J connectivity index is 2.33. The number of carbonyl (C=O) groups is 1. The molecule has 0 aromatic heterocycles. The van der Waals surface area contributed by atoms with Crippen LogP contribution in [0.1, 0.15) is 17.3 Å². The second kappa shape index (κ2) is 3.29. The van der Waals surface area contributed by atoms with E-state index in [1.54, 1.807) is 6.07 Å². The standard InChI is InChI=1S/C10H9FO3/c1-6(11)10(12)7-2-3-8-9(4-7)14-5-13-8/h2-4,6H,5H2,1H3. The summed E-state index contributed by atoms with van der Waals surface area (Å²) in [4.78, 5) is 11.3. The maximum absolute atomic E-state index is 12.7. The summed E-state index contributed by atoms with van der Waals surface area (Å²) in [6, 6.07) is 4.64. The molecule has 3 nitrogen and oxygen atoms in total. The van der Waals surface area contributed by atoms with Crippen molar-refractivity contribution in [2.75, 3.05) is 6.79 Å². The van der Waals surface area contributed by atoms with Crippen molar-refractivity contribution >= 4 is 5.78 Å². The maximum atomic E-state index is 12.7. The van der Waals surface area contributed by atoms with Crippen LogP contribution >= 0.6 is 0 Å². The molecule has 0 fully saturated rings. The van der Waals surface area contributed by atoms with Crippen LogP contribution in [0.5, 0.6) is 11.5 Å². The number of ketones is 1. The predicted molar refractivity (Wildman–Crippen MR) is 47.5 cm³/mol.